The molecule has 3 heteroatoms. The first-order chi connectivity index (χ1) is 4.30. The summed E-state index contributed by atoms with van der Waals surface area (Å²) in [5.74, 6) is 2.78. The molecule has 0 aromatic carbocycles. The molecule has 0 radical (unpaired) electrons. The van der Waals surface area contributed by atoms with Gasteiger partial charge in [-0.25, -0.2) is 0 Å². The van der Waals surface area contributed by atoms with Gasteiger partial charge in [0.15, 0.2) is 0 Å². The minimum Gasteiger partial charge on any atom is -0.0943 e. The van der Waals surface area contributed by atoms with E-state index in [1.54, 1.807) is 0 Å². The highest BCUT2D eigenvalue weighted by molar-refractivity contribution is 8.31. The fourth-order valence-electron chi connectivity index (χ4n) is 0.738. The van der Waals surface area contributed by atoms with E-state index in [1.165, 1.54) is 17.9 Å². The van der Waals surface area contributed by atoms with Gasteiger partial charge in [0, 0.05) is 10.9 Å². The molecule has 0 amide bonds. The molecule has 54 valence electrons. The number of hydrogen-bond acceptors (Lipinski definition) is 2. The molecule has 0 N–H and O–H groups in total. The Balaban J connectivity index is 2.23. The van der Waals surface area contributed by atoms with Crippen LogP contribution in [0.15, 0.2) is 0 Å². The van der Waals surface area contributed by atoms with Crippen molar-refractivity contribution in [3.8, 4) is 0 Å². The summed E-state index contributed by atoms with van der Waals surface area (Å²) in [5.41, 5.74) is 0. The number of hydrogen-bond donors (Lipinski definition) is 0. The third-order valence-electron chi connectivity index (χ3n) is 1.18. The second-order valence-corrected chi connectivity index (χ2v) is 7.82. The summed E-state index contributed by atoms with van der Waals surface area (Å²) >= 11 is 4.29. The largest absolute Gasteiger partial charge is 0.208 e. The third kappa shape index (κ3) is 2.64. The summed E-state index contributed by atoms with van der Waals surface area (Å²) in [4.78, 5) is 0. The van der Waals surface area contributed by atoms with E-state index in [9.17, 15) is 0 Å². The Labute approximate surface area is 68.9 Å². The standard InChI is InChI=1S/C6H13S3/c1-9(2)6-7-4-3-5-8-6/h6H,3-5H2,1-2H3/q+1. The van der Waals surface area contributed by atoms with Gasteiger partial charge in [0.2, 0.25) is 3.91 Å². The van der Waals surface area contributed by atoms with Crippen molar-refractivity contribution in [3.05, 3.63) is 0 Å². The molecule has 1 fully saturated rings. The Morgan fingerprint density at radius 1 is 1.22 bits per heavy atom. The van der Waals surface area contributed by atoms with Gasteiger partial charge in [0.1, 0.15) is 0 Å². The van der Waals surface area contributed by atoms with E-state index >= 15 is 0 Å². The molecule has 0 nitrogen and oxygen atoms in total. The molecule has 1 saturated heterocycles. The Bertz CT molecular complexity index is 76.4. The molecule has 0 bridgehead atoms. The van der Waals surface area contributed by atoms with Gasteiger partial charge in [-0.1, -0.05) is 23.5 Å². The predicted molar refractivity (Wildman–Crippen MR) is 52.5 cm³/mol. The van der Waals surface area contributed by atoms with Crippen molar-refractivity contribution in [2.24, 2.45) is 0 Å². The smallest absolute Gasteiger partial charge is 0.0943 e. The van der Waals surface area contributed by atoms with E-state index in [-0.39, 0.29) is 0 Å². The fourth-order valence-corrected chi connectivity index (χ4v) is 5.64. The maximum absolute atomic E-state index is 2.34. The van der Waals surface area contributed by atoms with Gasteiger partial charge in [-0.15, -0.1) is 0 Å². The first-order valence-electron chi connectivity index (χ1n) is 3.10. The molecule has 9 heavy (non-hydrogen) atoms. The molecule has 0 unspecified atom stereocenters. The zero-order valence-corrected chi connectivity index (χ0v) is 8.37. The molecule has 0 spiro atoms. The number of thioether (sulfide) groups is 2. The lowest BCUT2D eigenvalue weighted by Gasteiger charge is -2.16. The first kappa shape index (κ1) is 8.15. The molecule has 1 heterocycles. The molecule has 1 aliphatic heterocycles. The van der Waals surface area contributed by atoms with Gasteiger partial charge in [-0.2, -0.15) is 0 Å². The van der Waals surface area contributed by atoms with Crippen molar-refractivity contribution in [1.82, 2.24) is 0 Å². The Morgan fingerprint density at radius 2 is 1.78 bits per heavy atom. The van der Waals surface area contributed by atoms with Crippen molar-refractivity contribution in [3.63, 3.8) is 0 Å². The van der Waals surface area contributed by atoms with E-state index < -0.39 is 0 Å². The van der Waals surface area contributed by atoms with Gasteiger partial charge in [-0.05, 0) is 17.9 Å². The van der Waals surface area contributed by atoms with Crippen LogP contribution >= 0.6 is 23.5 Å². The summed E-state index contributed by atoms with van der Waals surface area (Å²) in [6.07, 6.45) is 6.11. The minimum absolute atomic E-state index is 0.624. The van der Waals surface area contributed by atoms with Crippen molar-refractivity contribution < 1.29 is 0 Å². The average Bonchev–Trinajstić information content (AvgIpc) is 1.90. The van der Waals surface area contributed by atoms with Crippen LogP contribution in [0.5, 0.6) is 0 Å². The van der Waals surface area contributed by atoms with Gasteiger partial charge in [0.25, 0.3) is 0 Å². The Kier molecular flexibility index (Phi) is 3.66. The van der Waals surface area contributed by atoms with Crippen LogP contribution in [0.4, 0.5) is 0 Å². The van der Waals surface area contributed by atoms with E-state index in [0.717, 1.165) is 3.91 Å². The minimum atomic E-state index is 0.624. The molecule has 0 aliphatic carbocycles. The van der Waals surface area contributed by atoms with E-state index in [4.69, 9.17) is 0 Å². The van der Waals surface area contributed by atoms with E-state index in [2.05, 4.69) is 36.0 Å². The van der Waals surface area contributed by atoms with Crippen LogP contribution < -0.4 is 0 Å². The summed E-state index contributed by atoms with van der Waals surface area (Å²) in [6, 6.07) is 0. The highest BCUT2D eigenvalue weighted by Crippen LogP contribution is 2.33. The highest BCUT2D eigenvalue weighted by Gasteiger charge is 2.24. The van der Waals surface area contributed by atoms with Gasteiger partial charge >= 0.3 is 0 Å². The summed E-state index contributed by atoms with van der Waals surface area (Å²) in [6.45, 7) is 0. The zero-order chi connectivity index (χ0) is 6.69. The van der Waals surface area contributed by atoms with E-state index in [1.807, 2.05) is 0 Å². The Morgan fingerprint density at radius 3 is 2.11 bits per heavy atom. The monoisotopic (exact) mass is 181 g/mol. The second kappa shape index (κ2) is 4.04. The van der Waals surface area contributed by atoms with Crippen molar-refractivity contribution >= 4 is 34.4 Å². The predicted octanol–water partition coefficient (Wildman–Crippen LogP) is 2.02. The maximum atomic E-state index is 2.34. The van der Waals surface area contributed by atoms with Gasteiger partial charge in [0.05, 0.1) is 12.5 Å². The molecular weight excluding hydrogens is 168 g/mol. The maximum Gasteiger partial charge on any atom is 0.208 e. The highest BCUT2D eigenvalue weighted by atomic mass is 32.3. The number of rotatable bonds is 1. The molecule has 0 aromatic heterocycles. The molecule has 0 saturated carbocycles. The molecule has 0 aromatic rings. The Hall–Kier alpha value is 1.05. The molecule has 1 rings (SSSR count). The lowest BCUT2D eigenvalue weighted by atomic mass is 10.6. The van der Waals surface area contributed by atoms with Crippen LogP contribution in [-0.2, 0) is 10.9 Å². The summed E-state index contributed by atoms with van der Waals surface area (Å²) in [7, 11) is 0.624. The van der Waals surface area contributed by atoms with Crippen LogP contribution in [0.3, 0.4) is 0 Å². The second-order valence-electron chi connectivity index (χ2n) is 2.26. The lowest BCUT2D eigenvalue weighted by Crippen LogP contribution is -2.15. The van der Waals surface area contributed by atoms with E-state index in [0.29, 0.717) is 10.9 Å². The first-order valence-corrected chi connectivity index (χ1v) is 7.30. The average molecular weight is 181 g/mol. The van der Waals surface area contributed by atoms with Crippen molar-refractivity contribution in [2.75, 3.05) is 24.0 Å². The summed E-state index contributed by atoms with van der Waals surface area (Å²) < 4.78 is 0.916. The fraction of sp³-hybridized carbons (Fsp3) is 1.00. The lowest BCUT2D eigenvalue weighted by molar-refractivity contribution is 1.12. The zero-order valence-electron chi connectivity index (χ0n) is 5.92. The molecule has 0 atom stereocenters. The van der Waals surface area contributed by atoms with Crippen molar-refractivity contribution in [1.29, 1.82) is 0 Å². The molecule has 1 aliphatic rings. The van der Waals surface area contributed by atoms with Crippen LogP contribution in [0.25, 0.3) is 0 Å². The normalized spacial score (nSPS) is 23.0. The van der Waals surface area contributed by atoms with Crippen LogP contribution in [0.2, 0.25) is 0 Å². The van der Waals surface area contributed by atoms with Crippen LogP contribution in [0, 0.1) is 0 Å². The van der Waals surface area contributed by atoms with Gasteiger partial charge < -0.3 is 0 Å². The quantitative estimate of drug-likeness (QED) is 0.568. The van der Waals surface area contributed by atoms with Crippen LogP contribution in [0.1, 0.15) is 6.42 Å². The topological polar surface area (TPSA) is 0 Å². The van der Waals surface area contributed by atoms with Crippen molar-refractivity contribution in [2.45, 2.75) is 10.3 Å². The SMILES string of the molecule is C[S+](C)C1SCCCS1. The van der Waals surface area contributed by atoms with Crippen LogP contribution in [-0.4, -0.2) is 27.9 Å². The third-order valence-corrected chi connectivity index (χ3v) is 7.49. The van der Waals surface area contributed by atoms with Gasteiger partial charge in [-0.3, -0.25) is 0 Å². The molecular formula is C6H13S3+. The summed E-state index contributed by atoms with van der Waals surface area (Å²) in [5, 5.41) is 0.